The zero-order chi connectivity index (χ0) is 18.1. The number of ether oxygens (including phenoxy) is 2. The molecule has 0 amide bonds. The summed E-state index contributed by atoms with van der Waals surface area (Å²) < 4.78 is 38.4. The summed E-state index contributed by atoms with van der Waals surface area (Å²) in [7, 11) is 0. The Kier molecular flexibility index (Phi) is 4.46. The van der Waals surface area contributed by atoms with Crippen molar-refractivity contribution in [2.75, 3.05) is 36.5 Å². The summed E-state index contributed by atoms with van der Waals surface area (Å²) in [5, 5.41) is 2.83. The molecule has 0 radical (unpaired) electrons. The summed E-state index contributed by atoms with van der Waals surface area (Å²) in [6, 6.07) is 5.23. The molecular weight excluding hydrogens is 342 g/mol. The second-order valence-corrected chi connectivity index (χ2v) is 6.53. The monoisotopic (exact) mass is 362 g/mol. The van der Waals surface area contributed by atoms with Crippen molar-refractivity contribution in [3.63, 3.8) is 0 Å². The Hall–Kier alpha value is -2.32. The number of hydrogen-bond acceptors (Lipinski definition) is 6. The van der Waals surface area contributed by atoms with E-state index in [1.807, 2.05) is 13.0 Å². The lowest BCUT2D eigenvalue weighted by molar-refractivity contribution is -0.169. The molecule has 138 valence electrons. The third-order valence-corrected chi connectivity index (χ3v) is 4.68. The summed E-state index contributed by atoms with van der Waals surface area (Å²) in [6.07, 6.45) is 1.54. The summed E-state index contributed by atoms with van der Waals surface area (Å²) in [6.45, 7) is 4.64. The molecule has 1 aromatic heterocycles. The summed E-state index contributed by atoms with van der Waals surface area (Å²) in [5.41, 5.74) is 0.891. The molecule has 0 atom stereocenters. The largest absolute Gasteiger partial charge is 0.356 e. The lowest BCUT2D eigenvalue weighted by Crippen LogP contribution is -2.45. The van der Waals surface area contributed by atoms with Crippen molar-refractivity contribution in [1.29, 1.82) is 0 Å². The highest BCUT2D eigenvalue weighted by molar-refractivity contribution is 5.56. The van der Waals surface area contributed by atoms with E-state index in [0.717, 1.165) is 43.5 Å². The first kappa shape index (κ1) is 17.1. The summed E-state index contributed by atoms with van der Waals surface area (Å²) in [5.74, 6) is -0.726. The zero-order valence-electron chi connectivity index (χ0n) is 14.5. The van der Waals surface area contributed by atoms with E-state index in [1.165, 1.54) is 12.1 Å². The number of aromatic nitrogens is 2. The number of anilines is 3. The Morgan fingerprint density at radius 1 is 1.08 bits per heavy atom. The Bertz CT molecular complexity index is 802. The average molecular weight is 362 g/mol. The standard InChI is InChI=1S/C18H20F2N4O2/c1-12-10-16(24-6-4-18(5-7-24)25-8-9-26-18)23-17(21-12)22-15-3-2-13(19)11-14(15)20/h2-3,10-11H,4-9H2,1H3,(H,21,22,23). The fourth-order valence-electron chi connectivity index (χ4n) is 3.34. The van der Waals surface area contributed by atoms with Crippen LogP contribution in [0.5, 0.6) is 0 Å². The fourth-order valence-corrected chi connectivity index (χ4v) is 3.34. The maximum atomic E-state index is 13.9. The molecule has 2 aromatic rings. The third-order valence-electron chi connectivity index (χ3n) is 4.68. The van der Waals surface area contributed by atoms with Crippen molar-refractivity contribution in [3.8, 4) is 0 Å². The smallest absolute Gasteiger partial charge is 0.229 e. The van der Waals surface area contributed by atoms with E-state index >= 15 is 0 Å². The van der Waals surface area contributed by atoms with Crippen molar-refractivity contribution < 1.29 is 18.3 Å². The van der Waals surface area contributed by atoms with Gasteiger partial charge in [-0.15, -0.1) is 0 Å². The van der Waals surface area contributed by atoms with Crippen LogP contribution in [0, 0.1) is 18.6 Å². The number of nitrogens with one attached hydrogen (secondary N) is 1. The molecule has 6 nitrogen and oxygen atoms in total. The molecule has 2 saturated heterocycles. The van der Waals surface area contributed by atoms with Crippen LogP contribution in [0.25, 0.3) is 0 Å². The first-order chi connectivity index (χ1) is 12.5. The average Bonchev–Trinajstić information content (AvgIpc) is 3.06. The summed E-state index contributed by atoms with van der Waals surface area (Å²) in [4.78, 5) is 10.9. The number of hydrogen-bond donors (Lipinski definition) is 1. The Morgan fingerprint density at radius 2 is 1.81 bits per heavy atom. The molecule has 0 unspecified atom stereocenters. The van der Waals surface area contributed by atoms with E-state index in [0.29, 0.717) is 13.2 Å². The number of rotatable bonds is 3. The summed E-state index contributed by atoms with van der Waals surface area (Å²) >= 11 is 0. The van der Waals surface area contributed by atoms with Gasteiger partial charge in [0.1, 0.15) is 17.5 Å². The first-order valence-corrected chi connectivity index (χ1v) is 8.64. The Morgan fingerprint density at radius 3 is 2.50 bits per heavy atom. The molecule has 0 aliphatic carbocycles. The van der Waals surface area contributed by atoms with Crippen LogP contribution in [-0.4, -0.2) is 42.1 Å². The van der Waals surface area contributed by atoms with Gasteiger partial charge in [-0.3, -0.25) is 0 Å². The molecular formula is C18H20F2N4O2. The van der Waals surface area contributed by atoms with E-state index in [9.17, 15) is 8.78 Å². The molecule has 2 aliphatic rings. The van der Waals surface area contributed by atoms with Gasteiger partial charge in [0, 0.05) is 43.8 Å². The van der Waals surface area contributed by atoms with Crippen LogP contribution in [0.3, 0.4) is 0 Å². The number of benzene rings is 1. The number of piperidine rings is 1. The maximum absolute atomic E-state index is 13.9. The number of nitrogens with zero attached hydrogens (tertiary/aromatic N) is 3. The number of aryl methyl sites for hydroxylation is 1. The zero-order valence-corrected chi connectivity index (χ0v) is 14.5. The van der Waals surface area contributed by atoms with Gasteiger partial charge >= 0.3 is 0 Å². The van der Waals surface area contributed by atoms with Crippen LogP contribution in [-0.2, 0) is 9.47 Å². The van der Waals surface area contributed by atoms with Crippen LogP contribution in [0.15, 0.2) is 24.3 Å². The van der Waals surface area contributed by atoms with Gasteiger partial charge in [-0.25, -0.2) is 13.8 Å². The highest BCUT2D eigenvalue weighted by atomic mass is 19.1. The molecule has 0 bridgehead atoms. The minimum absolute atomic E-state index is 0.133. The molecule has 1 N–H and O–H groups in total. The fraction of sp³-hybridized carbons (Fsp3) is 0.444. The van der Waals surface area contributed by atoms with Crippen molar-refractivity contribution in [1.82, 2.24) is 9.97 Å². The maximum Gasteiger partial charge on any atom is 0.229 e. The predicted octanol–water partition coefficient (Wildman–Crippen LogP) is 3.15. The van der Waals surface area contributed by atoms with E-state index in [1.54, 1.807) is 0 Å². The Balaban J connectivity index is 1.51. The van der Waals surface area contributed by atoms with Crippen LogP contribution >= 0.6 is 0 Å². The van der Waals surface area contributed by atoms with Gasteiger partial charge in [0.15, 0.2) is 5.79 Å². The second-order valence-electron chi connectivity index (χ2n) is 6.53. The quantitative estimate of drug-likeness (QED) is 0.905. The number of halogens is 2. The molecule has 2 fully saturated rings. The van der Waals surface area contributed by atoms with Crippen molar-refractivity contribution in [2.24, 2.45) is 0 Å². The molecule has 1 aromatic carbocycles. The van der Waals surface area contributed by atoms with Crippen molar-refractivity contribution >= 4 is 17.5 Å². The van der Waals surface area contributed by atoms with Gasteiger partial charge in [0.25, 0.3) is 0 Å². The van der Waals surface area contributed by atoms with Gasteiger partial charge in [0.2, 0.25) is 5.95 Å². The van der Waals surface area contributed by atoms with E-state index in [4.69, 9.17) is 9.47 Å². The molecule has 2 aliphatic heterocycles. The molecule has 4 rings (SSSR count). The first-order valence-electron chi connectivity index (χ1n) is 8.64. The van der Waals surface area contributed by atoms with Crippen LogP contribution < -0.4 is 10.2 Å². The van der Waals surface area contributed by atoms with Gasteiger partial charge in [-0.2, -0.15) is 4.98 Å². The normalized spacial score (nSPS) is 19.1. The minimum Gasteiger partial charge on any atom is -0.356 e. The van der Waals surface area contributed by atoms with Gasteiger partial charge in [-0.05, 0) is 19.1 Å². The SMILES string of the molecule is Cc1cc(N2CCC3(CC2)OCCO3)nc(Nc2ccc(F)cc2F)n1. The Labute approximate surface area is 150 Å². The highest BCUT2D eigenvalue weighted by Gasteiger charge is 2.40. The molecule has 26 heavy (non-hydrogen) atoms. The topological polar surface area (TPSA) is 59.5 Å². The lowest BCUT2D eigenvalue weighted by Gasteiger charge is -2.38. The minimum atomic E-state index is -0.688. The van der Waals surface area contributed by atoms with Crippen molar-refractivity contribution in [2.45, 2.75) is 25.6 Å². The van der Waals surface area contributed by atoms with E-state index in [-0.39, 0.29) is 11.6 Å². The van der Waals surface area contributed by atoms with Gasteiger partial charge in [0.05, 0.1) is 18.9 Å². The second kappa shape index (κ2) is 6.77. The van der Waals surface area contributed by atoms with Gasteiger partial charge < -0.3 is 19.7 Å². The molecule has 0 saturated carbocycles. The molecule has 8 heteroatoms. The van der Waals surface area contributed by atoms with Gasteiger partial charge in [-0.1, -0.05) is 0 Å². The van der Waals surface area contributed by atoms with E-state index < -0.39 is 17.4 Å². The van der Waals surface area contributed by atoms with E-state index in [2.05, 4.69) is 20.2 Å². The van der Waals surface area contributed by atoms with Crippen LogP contribution in [0.4, 0.5) is 26.2 Å². The molecule has 3 heterocycles. The predicted molar refractivity (Wildman–Crippen MR) is 92.5 cm³/mol. The van der Waals surface area contributed by atoms with Crippen LogP contribution in [0.1, 0.15) is 18.5 Å². The highest BCUT2D eigenvalue weighted by Crippen LogP contribution is 2.33. The van der Waals surface area contributed by atoms with Crippen LogP contribution in [0.2, 0.25) is 0 Å². The van der Waals surface area contributed by atoms with Crippen molar-refractivity contribution in [3.05, 3.63) is 41.6 Å². The lowest BCUT2D eigenvalue weighted by atomic mass is 10.0. The third kappa shape index (κ3) is 3.47. The molecule has 1 spiro atoms.